The van der Waals surface area contributed by atoms with Crippen molar-refractivity contribution in [1.82, 2.24) is 5.32 Å². The molecule has 0 saturated heterocycles. The Kier molecular flexibility index (Phi) is 4.48. The number of hydrogen-bond acceptors (Lipinski definition) is 3. The SMILES string of the molecule is Fc1ccc(-c2ccc(CNCCc3cccs3)o2)cc1. The average Bonchev–Trinajstić information content (AvgIpc) is 3.16. The first-order valence-corrected chi connectivity index (χ1v) is 7.77. The number of nitrogens with one attached hydrogen (secondary N) is 1. The van der Waals surface area contributed by atoms with Gasteiger partial charge in [0.15, 0.2) is 0 Å². The van der Waals surface area contributed by atoms with Crippen LogP contribution in [0.1, 0.15) is 10.6 Å². The second kappa shape index (κ2) is 6.70. The Hall–Kier alpha value is -1.91. The molecule has 0 aliphatic rings. The summed E-state index contributed by atoms with van der Waals surface area (Å²) in [6.45, 7) is 1.62. The Labute approximate surface area is 127 Å². The van der Waals surface area contributed by atoms with Crippen molar-refractivity contribution in [3.8, 4) is 11.3 Å². The molecule has 0 unspecified atom stereocenters. The average molecular weight is 301 g/mol. The molecule has 4 heteroatoms. The predicted molar refractivity (Wildman–Crippen MR) is 83.8 cm³/mol. The minimum Gasteiger partial charge on any atom is -0.460 e. The molecule has 3 rings (SSSR count). The van der Waals surface area contributed by atoms with Crippen molar-refractivity contribution < 1.29 is 8.81 Å². The van der Waals surface area contributed by atoms with Gasteiger partial charge in [-0.2, -0.15) is 0 Å². The van der Waals surface area contributed by atoms with Gasteiger partial charge in [-0.05, 0) is 54.3 Å². The number of hydrogen-bond donors (Lipinski definition) is 1. The summed E-state index contributed by atoms with van der Waals surface area (Å²) in [5.41, 5.74) is 0.890. The molecular formula is C17H16FNOS. The third kappa shape index (κ3) is 3.80. The van der Waals surface area contributed by atoms with Crippen LogP contribution in [0, 0.1) is 5.82 Å². The van der Waals surface area contributed by atoms with Crippen LogP contribution in [0.25, 0.3) is 11.3 Å². The van der Waals surface area contributed by atoms with Gasteiger partial charge in [0.25, 0.3) is 0 Å². The van der Waals surface area contributed by atoms with Gasteiger partial charge in [-0.3, -0.25) is 0 Å². The number of thiophene rings is 1. The van der Waals surface area contributed by atoms with E-state index in [1.165, 1.54) is 17.0 Å². The van der Waals surface area contributed by atoms with Gasteiger partial charge in [0.05, 0.1) is 6.54 Å². The monoisotopic (exact) mass is 301 g/mol. The van der Waals surface area contributed by atoms with Gasteiger partial charge in [-0.25, -0.2) is 4.39 Å². The van der Waals surface area contributed by atoms with Crippen LogP contribution in [-0.4, -0.2) is 6.54 Å². The topological polar surface area (TPSA) is 25.2 Å². The summed E-state index contributed by atoms with van der Waals surface area (Å²) in [6, 6.07) is 14.4. The molecular weight excluding hydrogens is 285 g/mol. The third-order valence-corrected chi connectivity index (χ3v) is 4.15. The van der Waals surface area contributed by atoms with Crippen LogP contribution in [0.4, 0.5) is 4.39 Å². The van der Waals surface area contributed by atoms with Crippen molar-refractivity contribution in [3.63, 3.8) is 0 Å². The number of benzene rings is 1. The van der Waals surface area contributed by atoms with Crippen molar-refractivity contribution in [2.45, 2.75) is 13.0 Å². The largest absolute Gasteiger partial charge is 0.460 e. The molecule has 2 nitrogen and oxygen atoms in total. The number of rotatable bonds is 6. The van der Waals surface area contributed by atoms with E-state index in [1.54, 1.807) is 23.5 Å². The van der Waals surface area contributed by atoms with Crippen LogP contribution < -0.4 is 5.32 Å². The fraction of sp³-hybridized carbons (Fsp3) is 0.176. The smallest absolute Gasteiger partial charge is 0.134 e. The lowest BCUT2D eigenvalue weighted by molar-refractivity contribution is 0.495. The standard InChI is InChI=1S/C17H16FNOS/c18-14-5-3-13(4-6-14)17-8-7-15(20-17)12-19-10-9-16-2-1-11-21-16/h1-8,11,19H,9-10,12H2. The Bertz CT molecular complexity index is 673. The van der Waals surface area contributed by atoms with Crippen molar-refractivity contribution in [1.29, 1.82) is 0 Å². The van der Waals surface area contributed by atoms with Crippen LogP contribution in [-0.2, 0) is 13.0 Å². The van der Waals surface area contributed by atoms with Crippen molar-refractivity contribution >= 4 is 11.3 Å². The van der Waals surface area contributed by atoms with E-state index >= 15 is 0 Å². The number of halogens is 1. The van der Waals surface area contributed by atoms with Gasteiger partial charge >= 0.3 is 0 Å². The first-order valence-electron chi connectivity index (χ1n) is 6.89. The molecule has 21 heavy (non-hydrogen) atoms. The predicted octanol–water partition coefficient (Wildman–Crippen LogP) is 4.48. The maximum absolute atomic E-state index is 12.9. The normalized spacial score (nSPS) is 10.9. The lowest BCUT2D eigenvalue weighted by atomic mass is 10.2. The molecule has 0 fully saturated rings. The fourth-order valence-electron chi connectivity index (χ4n) is 2.12. The van der Waals surface area contributed by atoms with E-state index in [2.05, 4.69) is 22.8 Å². The lowest BCUT2D eigenvalue weighted by Crippen LogP contribution is -2.15. The Morgan fingerprint density at radius 1 is 1.05 bits per heavy atom. The van der Waals surface area contributed by atoms with Crippen LogP contribution in [0.3, 0.4) is 0 Å². The van der Waals surface area contributed by atoms with Gasteiger partial charge in [0.2, 0.25) is 0 Å². The molecule has 3 aromatic rings. The van der Waals surface area contributed by atoms with Crippen LogP contribution in [0.5, 0.6) is 0 Å². The van der Waals surface area contributed by atoms with E-state index in [0.29, 0.717) is 6.54 Å². The molecule has 0 amide bonds. The highest BCUT2D eigenvalue weighted by molar-refractivity contribution is 7.09. The van der Waals surface area contributed by atoms with E-state index in [1.807, 2.05) is 12.1 Å². The fourth-order valence-corrected chi connectivity index (χ4v) is 2.83. The summed E-state index contributed by atoms with van der Waals surface area (Å²) in [5.74, 6) is 1.42. The Morgan fingerprint density at radius 3 is 2.67 bits per heavy atom. The third-order valence-electron chi connectivity index (χ3n) is 3.22. The zero-order valence-corrected chi connectivity index (χ0v) is 12.3. The first kappa shape index (κ1) is 14.0. The van der Waals surface area contributed by atoms with Crippen molar-refractivity contribution in [2.75, 3.05) is 6.54 Å². The summed E-state index contributed by atoms with van der Waals surface area (Å²) in [5, 5.41) is 5.46. The van der Waals surface area contributed by atoms with Crippen molar-refractivity contribution in [2.24, 2.45) is 0 Å². The zero-order valence-electron chi connectivity index (χ0n) is 11.5. The van der Waals surface area contributed by atoms with E-state index < -0.39 is 0 Å². The summed E-state index contributed by atoms with van der Waals surface area (Å²) in [6.07, 6.45) is 1.03. The molecule has 0 aliphatic heterocycles. The van der Waals surface area contributed by atoms with Gasteiger partial charge < -0.3 is 9.73 Å². The second-order valence-corrected chi connectivity index (χ2v) is 5.81. The van der Waals surface area contributed by atoms with E-state index in [4.69, 9.17) is 4.42 Å². The summed E-state index contributed by atoms with van der Waals surface area (Å²) in [7, 11) is 0. The molecule has 1 N–H and O–H groups in total. The van der Waals surface area contributed by atoms with Crippen LogP contribution in [0.2, 0.25) is 0 Å². The van der Waals surface area contributed by atoms with Gasteiger partial charge in [0, 0.05) is 17.0 Å². The van der Waals surface area contributed by atoms with Gasteiger partial charge in [-0.1, -0.05) is 6.07 Å². The van der Waals surface area contributed by atoms with Gasteiger partial charge in [-0.15, -0.1) is 11.3 Å². The maximum atomic E-state index is 12.9. The Morgan fingerprint density at radius 2 is 1.90 bits per heavy atom. The molecule has 1 aromatic carbocycles. The highest BCUT2D eigenvalue weighted by atomic mass is 32.1. The van der Waals surface area contributed by atoms with E-state index in [-0.39, 0.29) is 5.82 Å². The first-order chi connectivity index (χ1) is 10.3. The zero-order chi connectivity index (χ0) is 14.5. The van der Waals surface area contributed by atoms with Crippen molar-refractivity contribution in [3.05, 3.63) is 70.4 Å². The molecule has 0 aliphatic carbocycles. The molecule has 0 saturated carbocycles. The molecule has 0 atom stereocenters. The molecule has 108 valence electrons. The minimum atomic E-state index is -0.235. The minimum absolute atomic E-state index is 0.235. The summed E-state index contributed by atoms with van der Waals surface area (Å²) >= 11 is 1.78. The molecule has 2 heterocycles. The van der Waals surface area contributed by atoms with Gasteiger partial charge in [0.1, 0.15) is 17.3 Å². The summed E-state index contributed by atoms with van der Waals surface area (Å²) in [4.78, 5) is 1.38. The highest BCUT2D eigenvalue weighted by Gasteiger charge is 2.04. The number of furan rings is 1. The maximum Gasteiger partial charge on any atom is 0.134 e. The molecule has 0 radical (unpaired) electrons. The second-order valence-electron chi connectivity index (χ2n) is 4.78. The summed E-state index contributed by atoms with van der Waals surface area (Å²) < 4.78 is 18.7. The van der Waals surface area contributed by atoms with Crippen LogP contribution >= 0.6 is 11.3 Å². The molecule has 0 bridgehead atoms. The lowest BCUT2D eigenvalue weighted by Gasteiger charge is -2.01. The molecule has 0 spiro atoms. The Balaban J connectivity index is 1.52. The molecule has 2 aromatic heterocycles. The quantitative estimate of drug-likeness (QED) is 0.679. The van der Waals surface area contributed by atoms with E-state index in [0.717, 1.165) is 30.0 Å². The van der Waals surface area contributed by atoms with Crippen LogP contribution in [0.15, 0.2) is 58.3 Å². The van der Waals surface area contributed by atoms with E-state index in [9.17, 15) is 4.39 Å². The highest BCUT2D eigenvalue weighted by Crippen LogP contribution is 2.22.